The van der Waals surface area contributed by atoms with Gasteiger partial charge < -0.3 is 10.0 Å². The van der Waals surface area contributed by atoms with Crippen molar-refractivity contribution in [1.82, 2.24) is 4.90 Å². The van der Waals surface area contributed by atoms with Gasteiger partial charge in [-0.1, -0.05) is 40.0 Å². The number of hydrogen-bond acceptors (Lipinski definition) is 2. The number of hydrogen-bond donors (Lipinski definition) is 1. The molecule has 0 amide bonds. The first kappa shape index (κ1) is 29.1. The predicted molar refractivity (Wildman–Crippen MR) is 108 cm³/mol. The van der Waals surface area contributed by atoms with Gasteiger partial charge in [0.25, 0.3) is 0 Å². The molecule has 0 bridgehead atoms. The second-order valence-corrected chi connectivity index (χ2v) is 8.87. The van der Waals surface area contributed by atoms with E-state index in [-0.39, 0.29) is 14.5 Å². The minimum atomic E-state index is -0.909. The van der Waals surface area contributed by atoms with Crippen LogP contribution in [0.4, 0.5) is 0 Å². The van der Waals surface area contributed by atoms with Crippen LogP contribution in [0.2, 0.25) is 0 Å². The van der Waals surface area contributed by atoms with Gasteiger partial charge in [-0.25, -0.2) is 0 Å². The number of carboxylic acids is 1. The molecule has 24 heavy (non-hydrogen) atoms. The third-order valence-electron chi connectivity index (χ3n) is 3.19. The van der Waals surface area contributed by atoms with Crippen LogP contribution in [0.15, 0.2) is 4.99 Å². The van der Waals surface area contributed by atoms with Gasteiger partial charge in [0.15, 0.2) is 0 Å². The van der Waals surface area contributed by atoms with E-state index in [9.17, 15) is 4.79 Å². The van der Waals surface area contributed by atoms with Crippen molar-refractivity contribution in [1.29, 1.82) is 0 Å². The topological polar surface area (TPSA) is 52.9 Å². The number of halogens is 1. The summed E-state index contributed by atoms with van der Waals surface area (Å²) in [6, 6.07) is 0. The molecule has 0 unspecified atom stereocenters. The molecular weight excluding hydrogens is 526 g/mol. The van der Waals surface area contributed by atoms with Gasteiger partial charge >= 0.3 is 34.2 Å². The summed E-state index contributed by atoms with van der Waals surface area (Å²) in [5.41, 5.74) is 0. The molecule has 7 heteroatoms. The normalized spacial score (nSPS) is 10.0. The molecule has 0 aliphatic rings. The SMILES string of the molecule is CCCC[PH+](CCCC)CCCC.CN(C)C=NCC(=O)O.[Cl][Pt]. The second kappa shape index (κ2) is 25.6. The summed E-state index contributed by atoms with van der Waals surface area (Å²) in [6.07, 6.45) is 14.9. The molecule has 0 aromatic carbocycles. The fourth-order valence-corrected chi connectivity index (χ4v) is 5.25. The van der Waals surface area contributed by atoms with Crippen LogP contribution >= 0.6 is 17.3 Å². The minimum absolute atomic E-state index is 0.0675. The molecule has 4 nitrogen and oxygen atoms in total. The van der Waals surface area contributed by atoms with E-state index in [1.165, 1.54) is 44.9 Å². The zero-order chi connectivity index (χ0) is 19.2. The average Bonchev–Trinajstić information content (AvgIpc) is 2.56. The molecule has 149 valence electrons. The first-order chi connectivity index (χ1) is 11.5. The van der Waals surface area contributed by atoms with Crippen LogP contribution in [-0.4, -0.2) is 61.4 Å². The van der Waals surface area contributed by atoms with Crippen molar-refractivity contribution < 1.29 is 28.7 Å². The monoisotopic (exact) mass is 563 g/mol. The van der Waals surface area contributed by atoms with Gasteiger partial charge in [-0.3, -0.25) is 9.79 Å². The Hall–Kier alpha value is 0.348. The van der Waals surface area contributed by atoms with Gasteiger partial charge in [0.2, 0.25) is 0 Å². The fourth-order valence-electron chi connectivity index (χ4n) is 1.94. The van der Waals surface area contributed by atoms with E-state index in [2.05, 4.69) is 35.2 Å². The molecule has 0 fully saturated rings. The molecule has 0 rings (SSSR count). The summed E-state index contributed by atoms with van der Waals surface area (Å²) >= 11 is 1.61. The summed E-state index contributed by atoms with van der Waals surface area (Å²) < 4.78 is 0. The van der Waals surface area contributed by atoms with E-state index >= 15 is 0 Å². The average molecular weight is 564 g/mol. The quantitative estimate of drug-likeness (QED) is 0.208. The van der Waals surface area contributed by atoms with Crippen molar-refractivity contribution in [3.63, 3.8) is 0 Å². The summed E-state index contributed by atoms with van der Waals surface area (Å²) in [5, 5.41) is 8.09. The number of carboxylic acid groups (broad SMARTS) is 1. The van der Waals surface area contributed by atoms with Crippen LogP contribution in [0.1, 0.15) is 59.3 Å². The van der Waals surface area contributed by atoms with Crippen LogP contribution in [0, 0.1) is 0 Å². The Balaban J connectivity index is -0.000000351. The van der Waals surface area contributed by atoms with Gasteiger partial charge in [0.05, 0.1) is 24.8 Å². The Kier molecular flexibility index (Phi) is 31.0. The van der Waals surface area contributed by atoms with Crippen LogP contribution in [0.3, 0.4) is 0 Å². The molecule has 0 saturated carbocycles. The molecule has 0 aromatic heterocycles. The van der Waals surface area contributed by atoms with Crippen LogP contribution in [0.25, 0.3) is 0 Å². The standard InChI is InChI=1S/C12H27P.C5H10N2O2.ClH.Pt/c1-4-7-10-13(11-8-5-2)12-9-6-3;1-7(2)4-6-3-5(8)9;;/h4-12H2,1-3H3;4H,3H2,1-2H3,(H,8,9);1H;/q;;;+1. The molecule has 0 radical (unpaired) electrons. The Morgan fingerprint density at radius 2 is 1.42 bits per heavy atom. The molecule has 0 heterocycles. The third-order valence-corrected chi connectivity index (χ3v) is 6.37. The molecule has 1 N–H and O–H groups in total. The van der Waals surface area contributed by atoms with E-state index in [1.807, 2.05) is 0 Å². The van der Waals surface area contributed by atoms with E-state index < -0.39 is 5.97 Å². The van der Waals surface area contributed by atoms with E-state index in [4.69, 9.17) is 5.11 Å². The first-order valence-electron chi connectivity index (χ1n) is 8.81. The second-order valence-electron chi connectivity index (χ2n) is 5.87. The summed E-state index contributed by atoms with van der Waals surface area (Å²) in [5.74, 6) is -0.909. The summed E-state index contributed by atoms with van der Waals surface area (Å²) in [6.45, 7) is 6.80. The zero-order valence-electron chi connectivity index (χ0n) is 16.1. The van der Waals surface area contributed by atoms with Crippen molar-refractivity contribution in [2.24, 2.45) is 4.99 Å². The van der Waals surface area contributed by atoms with Gasteiger partial charge in [0.1, 0.15) is 6.54 Å². The molecule has 0 aromatic rings. The van der Waals surface area contributed by atoms with Gasteiger partial charge in [-0.15, -0.1) is 0 Å². The molecule has 0 saturated heterocycles. The first-order valence-corrected chi connectivity index (χ1v) is 13.7. The number of nitrogens with zero attached hydrogens (tertiary/aromatic N) is 2. The summed E-state index contributed by atoms with van der Waals surface area (Å²) in [7, 11) is 8.24. The van der Waals surface area contributed by atoms with Crippen LogP contribution < -0.4 is 0 Å². The van der Waals surface area contributed by atoms with Crippen molar-refractivity contribution in [2.45, 2.75) is 59.3 Å². The van der Waals surface area contributed by atoms with Gasteiger partial charge in [-0.2, -0.15) is 0 Å². The Labute approximate surface area is 166 Å². The molecule has 0 aliphatic carbocycles. The number of carbonyl (C=O) groups is 1. The Morgan fingerprint density at radius 1 is 1.04 bits per heavy atom. The van der Waals surface area contributed by atoms with Crippen molar-refractivity contribution in [3.05, 3.63) is 0 Å². The van der Waals surface area contributed by atoms with E-state index in [0.29, 0.717) is 0 Å². The van der Waals surface area contributed by atoms with Crippen LogP contribution in [-0.2, 0) is 23.6 Å². The van der Waals surface area contributed by atoms with E-state index in [1.54, 1.807) is 56.3 Å². The third kappa shape index (κ3) is 30.3. The number of unbranched alkanes of at least 4 members (excludes halogenated alkanes) is 3. The fraction of sp³-hybridized carbons (Fsp3) is 0.882. The molecular formula is C17H38ClN2O2PPt+. The van der Waals surface area contributed by atoms with Crippen LogP contribution in [0.5, 0.6) is 0 Å². The predicted octanol–water partition coefficient (Wildman–Crippen LogP) is 4.95. The number of rotatable bonds is 12. The Bertz CT molecular complexity index is 264. The zero-order valence-corrected chi connectivity index (χ0v) is 20.1. The van der Waals surface area contributed by atoms with Gasteiger partial charge in [0, 0.05) is 22.0 Å². The molecule has 0 aliphatic heterocycles. The summed E-state index contributed by atoms with van der Waals surface area (Å²) in [4.78, 5) is 15.1. The Morgan fingerprint density at radius 3 is 1.67 bits per heavy atom. The maximum absolute atomic E-state index is 9.85. The van der Waals surface area contributed by atoms with Crippen molar-refractivity contribution in [3.8, 4) is 0 Å². The number of aliphatic carboxylic acids is 1. The van der Waals surface area contributed by atoms with Crippen molar-refractivity contribution >= 4 is 29.6 Å². The van der Waals surface area contributed by atoms with Gasteiger partial charge in [-0.05, 0) is 19.3 Å². The number of aliphatic imine (C=N–C) groups is 1. The molecule has 0 spiro atoms. The van der Waals surface area contributed by atoms with Crippen molar-refractivity contribution in [2.75, 3.05) is 39.1 Å². The maximum atomic E-state index is 9.85. The van der Waals surface area contributed by atoms with E-state index in [0.717, 1.165) is 0 Å². The molecule has 0 atom stereocenters.